The first-order valence-electron chi connectivity index (χ1n) is 17.5. The molecule has 0 aliphatic carbocycles. The quantitative estimate of drug-likeness (QED) is 0.165. The summed E-state index contributed by atoms with van der Waals surface area (Å²) in [5, 5.41) is 4.40. The van der Waals surface area contributed by atoms with Gasteiger partial charge in [0.2, 0.25) is 0 Å². The molecule has 5 heteroatoms. The Morgan fingerprint density at radius 1 is 0.635 bits per heavy atom. The van der Waals surface area contributed by atoms with E-state index < -0.39 is 0 Å². The molecule has 0 atom stereocenters. The molecule has 8 aromatic rings. The zero-order valence-corrected chi connectivity index (χ0v) is 33.5. The molecule has 0 saturated heterocycles. The van der Waals surface area contributed by atoms with E-state index in [-0.39, 0.29) is 20.1 Å². The molecule has 0 amide bonds. The summed E-state index contributed by atoms with van der Waals surface area (Å²) in [6.07, 6.45) is 6.74. The molecule has 0 aliphatic heterocycles. The molecular formula is C47H43IrN3O-2. The fraction of sp³-hybridized carbons (Fsp3) is 0.213. The Kier molecular flexibility index (Phi) is 10.6. The molecule has 263 valence electrons. The number of hydrogen-bond acceptors (Lipinski definition) is 4. The fourth-order valence-electron chi connectivity index (χ4n) is 6.61. The molecule has 8 rings (SSSR count). The van der Waals surface area contributed by atoms with Crippen molar-refractivity contribution in [1.82, 2.24) is 15.0 Å². The van der Waals surface area contributed by atoms with Gasteiger partial charge in [-0.25, -0.2) is 0 Å². The van der Waals surface area contributed by atoms with E-state index >= 15 is 0 Å². The first kappa shape index (κ1) is 36.8. The minimum absolute atomic E-state index is 0. The van der Waals surface area contributed by atoms with Gasteiger partial charge in [-0.15, -0.1) is 47.5 Å². The smallest absolute Gasteiger partial charge is 0.128 e. The van der Waals surface area contributed by atoms with Crippen molar-refractivity contribution in [3.63, 3.8) is 0 Å². The Balaban J connectivity index is 0.000000175. The number of benzene rings is 4. The summed E-state index contributed by atoms with van der Waals surface area (Å²) in [6, 6.07) is 36.4. The number of pyridine rings is 3. The van der Waals surface area contributed by atoms with Crippen LogP contribution in [-0.2, 0) is 26.5 Å². The Morgan fingerprint density at radius 3 is 2.06 bits per heavy atom. The molecule has 0 N–H and O–H groups in total. The second-order valence-corrected chi connectivity index (χ2v) is 14.9. The molecule has 4 nitrogen and oxygen atoms in total. The summed E-state index contributed by atoms with van der Waals surface area (Å²) >= 11 is 0. The Morgan fingerprint density at radius 2 is 1.35 bits per heavy atom. The topological polar surface area (TPSA) is 51.8 Å². The van der Waals surface area contributed by atoms with Crippen molar-refractivity contribution < 1.29 is 24.5 Å². The van der Waals surface area contributed by atoms with Crippen molar-refractivity contribution in [2.24, 2.45) is 5.41 Å². The summed E-state index contributed by atoms with van der Waals surface area (Å²) in [5.41, 5.74) is 15.6. The summed E-state index contributed by atoms with van der Waals surface area (Å²) in [6.45, 7) is 17.3. The van der Waals surface area contributed by atoms with Crippen LogP contribution < -0.4 is 0 Å². The SMILES string of the molecule is Cc1ccc(-c2[c-]ccc3c2oc2c4ccnc(C)c4ccc32)nc1.Cc1cnc(-c2[c-]cc(C)c(-c3ccc(CC(C)(C)C)cc3)c2)cc1C.[Ir]. The average molecular weight is 858 g/mol. The number of aromatic nitrogens is 3. The zero-order chi connectivity index (χ0) is 35.9. The third kappa shape index (κ3) is 7.62. The Hall–Kier alpha value is -4.96. The molecule has 4 aromatic heterocycles. The molecule has 1 radical (unpaired) electrons. The first-order valence-corrected chi connectivity index (χ1v) is 17.5. The molecule has 0 fully saturated rings. The number of furan rings is 1. The fourth-order valence-corrected chi connectivity index (χ4v) is 6.61. The molecule has 0 saturated carbocycles. The van der Waals surface area contributed by atoms with Crippen molar-refractivity contribution in [2.45, 2.75) is 61.8 Å². The van der Waals surface area contributed by atoms with Crippen molar-refractivity contribution in [3.8, 4) is 33.6 Å². The van der Waals surface area contributed by atoms with Gasteiger partial charge < -0.3 is 14.4 Å². The molecular weight excluding hydrogens is 815 g/mol. The second kappa shape index (κ2) is 14.9. The van der Waals surface area contributed by atoms with Gasteiger partial charge in [0.15, 0.2) is 0 Å². The van der Waals surface area contributed by atoms with Gasteiger partial charge in [0, 0.05) is 60.5 Å². The van der Waals surface area contributed by atoms with Crippen LogP contribution in [0.3, 0.4) is 0 Å². The number of fused-ring (bicyclic) bond motifs is 5. The van der Waals surface area contributed by atoms with Gasteiger partial charge in [-0.2, -0.15) is 0 Å². The van der Waals surface area contributed by atoms with Gasteiger partial charge >= 0.3 is 0 Å². The van der Waals surface area contributed by atoms with E-state index in [1.54, 1.807) is 0 Å². The van der Waals surface area contributed by atoms with E-state index in [2.05, 4.69) is 135 Å². The van der Waals surface area contributed by atoms with E-state index in [1.165, 1.54) is 33.4 Å². The monoisotopic (exact) mass is 858 g/mol. The average Bonchev–Trinajstić information content (AvgIpc) is 3.50. The maximum Gasteiger partial charge on any atom is 0.128 e. The molecule has 0 spiro atoms. The van der Waals surface area contributed by atoms with Gasteiger partial charge in [-0.3, -0.25) is 4.98 Å². The minimum atomic E-state index is 0. The third-order valence-corrected chi connectivity index (χ3v) is 9.51. The van der Waals surface area contributed by atoms with Gasteiger partial charge in [0.25, 0.3) is 0 Å². The van der Waals surface area contributed by atoms with Crippen molar-refractivity contribution in [3.05, 3.63) is 149 Å². The summed E-state index contributed by atoms with van der Waals surface area (Å²) in [7, 11) is 0. The molecule has 0 bridgehead atoms. The number of nitrogens with zero attached hydrogens (tertiary/aromatic N) is 3. The van der Waals surface area contributed by atoms with E-state index in [9.17, 15) is 0 Å². The van der Waals surface area contributed by atoms with Crippen LogP contribution in [0.1, 0.15) is 54.3 Å². The summed E-state index contributed by atoms with van der Waals surface area (Å²) < 4.78 is 6.34. The van der Waals surface area contributed by atoms with Crippen molar-refractivity contribution >= 4 is 32.7 Å². The number of aryl methyl sites for hydroxylation is 5. The third-order valence-electron chi connectivity index (χ3n) is 9.51. The maximum absolute atomic E-state index is 6.34. The van der Waals surface area contributed by atoms with Gasteiger partial charge in [-0.05, 0) is 79.2 Å². The number of hydrogen-bond donors (Lipinski definition) is 0. The van der Waals surface area contributed by atoms with Crippen LogP contribution in [0.5, 0.6) is 0 Å². The van der Waals surface area contributed by atoms with Crippen molar-refractivity contribution in [1.29, 1.82) is 0 Å². The van der Waals surface area contributed by atoms with Crippen LogP contribution in [0.15, 0.2) is 108 Å². The summed E-state index contributed by atoms with van der Waals surface area (Å²) in [4.78, 5) is 13.5. The summed E-state index contributed by atoms with van der Waals surface area (Å²) in [5.74, 6) is 0. The van der Waals surface area contributed by atoms with Crippen LogP contribution in [0.2, 0.25) is 0 Å². The van der Waals surface area contributed by atoms with E-state index in [0.717, 1.165) is 72.9 Å². The molecule has 4 aromatic carbocycles. The van der Waals surface area contributed by atoms with Gasteiger partial charge in [0.1, 0.15) is 5.58 Å². The first-order chi connectivity index (χ1) is 24.4. The van der Waals surface area contributed by atoms with Crippen LogP contribution in [0.25, 0.3) is 66.4 Å². The van der Waals surface area contributed by atoms with E-state index in [0.29, 0.717) is 5.41 Å². The maximum atomic E-state index is 6.34. The van der Waals surface area contributed by atoms with Crippen LogP contribution >= 0.6 is 0 Å². The Bertz CT molecular complexity index is 2520. The molecule has 4 heterocycles. The second-order valence-electron chi connectivity index (χ2n) is 14.9. The van der Waals surface area contributed by atoms with Crippen LogP contribution in [0.4, 0.5) is 0 Å². The molecule has 0 unspecified atom stereocenters. The predicted molar refractivity (Wildman–Crippen MR) is 212 cm³/mol. The minimum Gasteiger partial charge on any atom is -0.500 e. The zero-order valence-electron chi connectivity index (χ0n) is 31.1. The van der Waals surface area contributed by atoms with Crippen LogP contribution in [0, 0.1) is 52.2 Å². The van der Waals surface area contributed by atoms with E-state index in [4.69, 9.17) is 4.42 Å². The van der Waals surface area contributed by atoms with Gasteiger partial charge in [-0.1, -0.05) is 104 Å². The van der Waals surface area contributed by atoms with Crippen LogP contribution in [-0.4, -0.2) is 15.0 Å². The normalized spacial score (nSPS) is 11.4. The van der Waals surface area contributed by atoms with Gasteiger partial charge in [0.05, 0.1) is 5.58 Å². The molecule has 52 heavy (non-hydrogen) atoms. The standard InChI is InChI=1S/C25H28N.C22H15N2O.Ir/c1-17-7-10-22(24-13-18(2)19(3)16-26-24)14-23(17)21-11-8-20(9-12-21)15-25(4,5)6;1-13-6-9-20(24-12-13)19-5-3-4-16-17-8-7-15-14(2)23-11-10-18(15)21(17)25-22(16)19;/h7-9,11-14,16H,15H2,1-6H3;3-4,6-12H,1-2H3;/q2*-1;. The predicted octanol–water partition coefficient (Wildman–Crippen LogP) is 12.3. The molecule has 0 aliphatic rings. The van der Waals surface area contributed by atoms with Crippen molar-refractivity contribution in [2.75, 3.05) is 0 Å². The largest absolute Gasteiger partial charge is 0.500 e. The van der Waals surface area contributed by atoms with E-state index in [1.807, 2.05) is 50.6 Å². The Labute approximate surface area is 320 Å². The number of rotatable bonds is 4.